The fraction of sp³-hybridized carbons (Fsp3) is 0.333. The molecule has 0 saturated carbocycles. The highest BCUT2D eigenvalue weighted by molar-refractivity contribution is 7.92. The van der Waals surface area contributed by atoms with Crippen LogP contribution >= 0.6 is 0 Å². The molecule has 40 heavy (non-hydrogen) atoms. The van der Waals surface area contributed by atoms with Gasteiger partial charge in [0, 0.05) is 19.2 Å². The topological polar surface area (TPSA) is 105 Å². The number of sulfonamides is 1. The maximum Gasteiger partial charge on any atom is 0.264 e. The number of hydrogen-bond acceptors (Lipinski definition) is 6. The fourth-order valence-electron chi connectivity index (χ4n) is 4.21. The van der Waals surface area contributed by atoms with Gasteiger partial charge in [0.1, 0.15) is 12.6 Å². The average Bonchev–Trinajstić information content (AvgIpc) is 2.96. The standard InChI is InChI=1S/C30H37N3O6S/c1-6-17-31-30(35)23(3)32(20-24-12-10-11-22(2)18-24)29(34)21-33(40(36,37)26-13-8-7-9-14-26)25-15-16-27(38-4)28(19-25)39-5/h7-16,18-19,23H,6,17,20-21H2,1-5H3,(H,31,35)/t23-/m0/s1. The Balaban J connectivity index is 2.06. The van der Waals surface area contributed by atoms with Crippen molar-refractivity contribution in [3.05, 3.63) is 83.9 Å². The molecule has 1 atom stereocenters. The van der Waals surface area contributed by atoms with Gasteiger partial charge in [-0.1, -0.05) is 55.0 Å². The van der Waals surface area contributed by atoms with Crippen molar-refractivity contribution in [2.75, 3.05) is 31.6 Å². The third kappa shape index (κ3) is 7.32. The van der Waals surface area contributed by atoms with Gasteiger partial charge in [-0.05, 0) is 50.1 Å². The van der Waals surface area contributed by atoms with E-state index in [1.165, 1.54) is 37.3 Å². The molecule has 214 valence electrons. The van der Waals surface area contributed by atoms with Gasteiger partial charge in [0.05, 0.1) is 24.8 Å². The number of carbonyl (C=O) groups excluding carboxylic acids is 2. The molecular weight excluding hydrogens is 530 g/mol. The summed E-state index contributed by atoms with van der Waals surface area (Å²) in [6.07, 6.45) is 0.743. The number of nitrogens with zero attached hydrogens (tertiary/aromatic N) is 2. The lowest BCUT2D eigenvalue weighted by molar-refractivity contribution is -0.139. The van der Waals surface area contributed by atoms with Crippen LogP contribution in [0.4, 0.5) is 5.69 Å². The van der Waals surface area contributed by atoms with E-state index < -0.39 is 28.5 Å². The molecule has 0 heterocycles. The van der Waals surface area contributed by atoms with Gasteiger partial charge < -0.3 is 19.7 Å². The minimum absolute atomic E-state index is 0.0246. The summed E-state index contributed by atoms with van der Waals surface area (Å²) in [5, 5.41) is 2.84. The molecule has 0 aliphatic heterocycles. The molecule has 0 aliphatic carbocycles. The number of amides is 2. The van der Waals surface area contributed by atoms with Gasteiger partial charge in [-0.2, -0.15) is 0 Å². The van der Waals surface area contributed by atoms with E-state index in [0.717, 1.165) is 21.9 Å². The van der Waals surface area contributed by atoms with Crippen molar-refractivity contribution in [1.29, 1.82) is 0 Å². The van der Waals surface area contributed by atoms with Crippen LogP contribution in [0.15, 0.2) is 77.7 Å². The van der Waals surface area contributed by atoms with Crippen molar-refractivity contribution in [2.24, 2.45) is 0 Å². The molecule has 0 aromatic heterocycles. The molecule has 3 aromatic carbocycles. The number of aryl methyl sites for hydroxylation is 1. The normalized spacial score (nSPS) is 11.8. The Bertz CT molecular complexity index is 1410. The minimum Gasteiger partial charge on any atom is -0.493 e. The summed E-state index contributed by atoms with van der Waals surface area (Å²) in [6.45, 7) is 5.59. The largest absolute Gasteiger partial charge is 0.493 e. The summed E-state index contributed by atoms with van der Waals surface area (Å²) in [4.78, 5) is 28.4. The lowest BCUT2D eigenvalue weighted by Crippen LogP contribution is -2.51. The van der Waals surface area contributed by atoms with Crippen molar-refractivity contribution >= 4 is 27.5 Å². The molecule has 9 nitrogen and oxygen atoms in total. The van der Waals surface area contributed by atoms with Crippen LogP contribution in [0, 0.1) is 6.92 Å². The van der Waals surface area contributed by atoms with Crippen molar-refractivity contribution in [2.45, 2.75) is 44.7 Å². The SMILES string of the molecule is CCCNC(=O)[C@H](C)N(Cc1cccc(C)c1)C(=O)CN(c1ccc(OC)c(OC)c1)S(=O)(=O)c1ccccc1. The van der Waals surface area contributed by atoms with E-state index >= 15 is 0 Å². The first-order valence-electron chi connectivity index (χ1n) is 13.0. The molecule has 10 heteroatoms. The van der Waals surface area contributed by atoms with Crippen LogP contribution in [0.2, 0.25) is 0 Å². The van der Waals surface area contributed by atoms with Gasteiger partial charge in [-0.25, -0.2) is 8.42 Å². The highest BCUT2D eigenvalue weighted by Crippen LogP contribution is 2.34. The zero-order chi connectivity index (χ0) is 29.3. The molecule has 3 aromatic rings. The van der Waals surface area contributed by atoms with Crippen molar-refractivity contribution < 1.29 is 27.5 Å². The van der Waals surface area contributed by atoms with Gasteiger partial charge in [0.2, 0.25) is 11.8 Å². The van der Waals surface area contributed by atoms with Crippen molar-refractivity contribution in [1.82, 2.24) is 10.2 Å². The van der Waals surface area contributed by atoms with E-state index in [0.29, 0.717) is 18.0 Å². The Morgan fingerprint density at radius 1 is 0.925 bits per heavy atom. The van der Waals surface area contributed by atoms with E-state index in [1.54, 1.807) is 37.3 Å². The number of methoxy groups -OCH3 is 2. The summed E-state index contributed by atoms with van der Waals surface area (Å²) >= 11 is 0. The monoisotopic (exact) mass is 567 g/mol. The second-order valence-corrected chi connectivity index (χ2v) is 11.2. The van der Waals surface area contributed by atoms with E-state index in [2.05, 4.69) is 5.32 Å². The van der Waals surface area contributed by atoms with Crippen molar-refractivity contribution in [3.8, 4) is 11.5 Å². The molecule has 2 amide bonds. The van der Waals surface area contributed by atoms with Crippen LogP contribution < -0.4 is 19.1 Å². The van der Waals surface area contributed by atoms with Crippen LogP contribution in [0.25, 0.3) is 0 Å². The molecule has 0 bridgehead atoms. The Morgan fingerprint density at radius 3 is 2.25 bits per heavy atom. The number of carbonyl (C=O) groups is 2. The summed E-state index contributed by atoms with van der Waals surface area (Å²) < 4.78 is 39.5. The maximum absolute atomic E-state index is 14.0. The molecule has 0 spiro atoms. The highest BCUT2D eigenvalue weighted by Gasteiger charge is 2.33. The first kappa shape index (κ1) is 30.5. The van der Waals surface area contributed by atoms with E-state index in [4.69, 9.17) is 9.47 Å². The maximum atomic E-state index is 14.0. The lowest BCUT2D eigenvalue weighted by atomic mass is 10.1. The molecule has 0 unspecified atom stereocenters. The van der Waals surface area contributed by atoms with Gasteiger partial charge in [0.15, 0.2) is 11.5 Å². The van der Waals surface area contributed by atoms with E-state index in [-0.39, 0.29) is 23.0 Å². The lowest BCUT2D eigenvalue weighted by Gasteiger charge is -2.32. The molecule has 0 fully saturated rings. The predicted octanol–water partition coefficient (Wildman–Crippen LogP) is 4.15. The summed E-state index contributed by atoms with van der Waals surface area (Å²) in [7, 11) is -1.25. The van der Waals surface area contributed by atoms with Crippen LogP contribution in [0.3, 0.4) is 0 Å². The van der Waals surface area contributed by atoms with Crippen molar-refractivity contribution in [3.63, 3.8) is 0 Å². The van der Waals surface area contributed by atoms with Gasteiger partial charge in [-0.3, -0.25) is 13.9 Å². The van der Waals surface area contributed by atoms with Crippen LogP contribution in [0.5, 0.6) is 11.5 Å². The molecule has 0 radical (unpaired) electrons. The smallest absolute Gasteiger partial charge is 0.264 e. The first-order valence-corrected chi connectivity index (χ1v) is 14.5. The Hall–Kier alpha value is -4.05. The van der Waals surface area contributed by atoms with Gasteiger partial charge in [-0.15, -0.1) is 0 Å². The molecule has 0 aliphatic rings. The molecule has 1 N–H and O–H groups in total. The van der Waals surface area contributed by atoms with E-state index in [1.807, 2.05) is 38.1 Å². The Labute approximate surface area is 236 Å². The zero-order valence-corrected chi connectivity index (χ0v) is 24.4. The first-order chi connectivity index (χ1) is 19.1. The molecular formula is C30H37N3O6S. The molecule has 0 saturated heterocycles. The number of nitrogens with one attached hydrogen (secondary N) is 1. The summed E-state index contributed by atoms with van der Waals surface area (Å²) in [5.74, 6) is -0.122. The number of ether oxygens (including phenoxy) is 2. The predicted molar refractivity (Wildman–Crippen MR) is 155 cm³/mol. The summed E-state index contributed by atoms with van der Waals surface area (Å²) in [6, 6.07) is 19.3. The molecule has 3 rings (SSSR count). The highest BCUT2D eigenvalue weighted by atomic mass is 32.2. The van der Waals surface area contributed by atoms with Gasteiger partial charge in [0.25, 0.3) is 10.0 Å². The van der Waals surface area contributed by atoms with Crippen LogP contribution in [-0.4, -0.2) is 58.5 Å². The average molecular weight is 568 g/mol. The van der Waals surface area contributed by atoms with Crippen LogP contribution in [-0.2, 0) is 26.2 Å². The third-order valence-electron chi connectivity index (χ3n) is 6.42. The Kier molecular flexibility index (Phi) is 10.6. The quantitative estimate of drug-likeness (QED) is 0.333. The second kappa shape index (κ2) is 13.8. The minimum atomic E-state index is -4.18. The van der Waals surface area contributed by atoms with Gasteiger partial charge >= 0.3 is 0 Å². The summed E-state index contributed by atoms with van der Waals surface area (Å²) in [5.41, 5.74) is 2.05. The Morgan fingerprint density at radius 2 is 1.62 bits per heavy atom. The van der Waals surface area contributed by atoms with Crippen LogP contribution in [0.1, 0.15) is 31.4 Å². The fourth-order valence-corrected chi connectivity index (χ4v) is 5.64. The number of hydrogen-bond donors (Lipinski definition) is 1. The van der Waals surface area contributed by atoms with E-state index in [9.17, 15) is 18.0 Å². The third-order valence-corrected chi connectivity index (χ3v) is 8.21. The number of anilines is 1. The zero-order valence-electron chi connectivity index (χ0n) is 23.6. The number of rotatable bonds is 13. The number of benzene rings is 3. The second-order valence-electron chi connectivity index (χ2n) is 9.34.